The van der Waals surface area contributed by atoms with Crippen molar-refractivity contribution in [3.05, 3.63) is 12.2 Å². The van der Waals surface area contributed by atoms with Gasteiger partial charge in [0.1, 0.15) is 5.78 Å². The summed E-state index contributed by atoms with van der Waals surface area (Å²) in [5.74, 6) is -0.785. The number of esters is 2. The van der Waals surface area contributed by atoms with Crippen LogP contribution in [0.3, 0.4) is 0 Å². The van der Waals surface area contributed by atoms with Crippen LogP contribution < -0.4 is 0 Å². The number of rotatable bonds is 7. The molecular weight excluding hydrogens is 272 g/mol. The summed E-state index contributed by atoms with van der Waals surface area (Å²) in [6.07, 6.45) is 5.77. The minimum absolute atomic E-state index is 0.307. The molecular formula is C16H30O5. The molecule has 0 amide bonds. The van der Waals surface area contributed by atoms with E-state index >= 15 is 0 Å². The molecule has 0 fully saturated rings. The normalized spacial score (nSPS) is 8.86. The summed E-state index contributed by atoms with van der Waals surface area (Å²) in [5, 5.41) is 0. The van der Waals surface area contributed by atoms with Crippen LogP contribution in [0.15, 0.2) is 12.2 Å². The topological polar surface area (TPSA) is 69.7 Å². The number of ketones is 1. The number of Topliss-reactive ketones (excluding diaryl/α,β-unsaturated/α-hetero) is 1. The third-order valence-corrected chi connectivity index (χ3v) is 1.89. The molecule has 0 heterocycles. The molecule has 0 bridgehead atoms. The van der Waals surface area contributed by atoms with Crippen molar-refractivity contribution >= 4 is 17.7 Å². The summed E-state index contributed by atoms with van der Waals surface area (Å²) in [6, 6.07) is 0. The second-order valence-electron chi connectivity index (χ2n) is 3.83. The van der Waals surface area contributed by atoms with E-state index in [0.29, 0.717) is 12.4 Å². The van der Waals surface area contributed by atoms with Gasteiger partial charge in [0, 0.05) is 18.6 Å². The SMILES string of the molecule is CC.CCCCC(C)=O.CCCOC(=O)/C=C/C(=O)OC. The molecule has 0 aliphatic carbocycles. The third-order valence-electron chi connectivity index (χ3n) is 1.89. The van der Waals surface area contributed by atoms with Crippen LogP contribution in [0.2, 0.25) is 0 Å². The quantitative estimate of drug-likeness (QED) is 0.532. The first kappa shape index (κ1) is 24.4. The van der Waals surface area contributed by atoms with Crippen LogP contribution in [0.5, 0.6) is 0 Å². The summed E-state index contributed by atoms with van der Waals surface area (Å²) < 4.78 is 8.92. The highest BCUT2D eigenvalue weighted by molar-refractivity contribution is 5.91. The van der Waals surface area contributed by atoms with E-state index in [-0.39, 0.29) is 0 Å². The van der Waals surface area contributed by atoms with Crippen LogP contribution in [-0.4, -0.2) is 31.4 Å². The van der Waals surface area contributed by atoms with Crippen LogP contribution in [-0.2, 0) is 23.9 Å². The van der Waals surface area contributed by atoms with Gasteiger partial charge in [-0.2, -0.15) is 0 Å². The molecule has 0 saturated carbocycles. The first-order valence-corrected chi connectivity index (χ1v) is 7.40. The minimum atomic E-state index is -0.566. The van der Waals surface area contributed by atoms with E-state index < -0.39 is 11.9 Å². The summed E-state index contributed by atoms with van der Waals surface area (Å²) in [6.45, 7) is 9.97. The average molecular weight is 302 g/mol. The number of methoxy groups -OCH3 is 1. The summed E-state index contributed by atoms with van der Waals surface area (Å²) >= 11 is 0. The van der Waals surface area contributed by atoms with E-state index in [9.17, 15) is 14.4 Å². The molecule has 0 aromatic rings. The van der Waals surface area contributed by atoms with Crippen LogP contribution >= 0.6 is 0 Å². The van der Waals surface area contributed by atoms with Crippen molar-refractivity contribution in [2.75, 3.05) is 13.7 Å². The van der Waals surface area contributed by atoms with E-state index in [1.165, 1.54) is 7.11 Å². The van der Waals surface area contributed by atoms with Crippen molar-refractivity contribution in [2.45, 2.75) is 60.3 Å². The van der Waals surface area contributed by atoms with Crippen molar-refractivity contribution in [3.8, 4) is 0 Å². The van der Waals surface area contributed by atoms with Gasteiger partial charge in [-0.15, -0.1) is 0 Å². The minimum Gasteiger partial charge on any atom is -0.466 e. The Morgan fingerprint density at radius 3 is 1.81 bits per heavy atom. The maximum absolute atomic E-state index is 10.7. The van der Waals surface area contributed by atoms with Crippen LogP contribution in [0, 0.1) is 0 Å². The standard InChI is InChI=1S/C8H12O4.C6H12O.C2H6/c1-3-6-12-8(10)5-4-7(9)11-2;1-3-4-5-6(2)7;1-2/h4-5H,3,6H2,1-2H3;3-5H2,1-2H3;1-2H3/b5-4+;;. The van der Waals surface area contributed by atoms with E-state index in [4.69, 9.17) is 0 Å². The highest BCUT2D eigenvalue weighted by Gasteiger charge is 1.97. The van der Waals surface area contributed by atoms with Gasteiger partial charge in [0.2, 0.25) is 0 Å². The molecule has 0 aromatic carbocycles. The predicted octanol–water partition coefficient (Wildman–Crippen LogP) is 3.46. The highest BCUT2D eigenvalue weighted by Crippen LogP contribution is 1.92. The lowest BCUT2D eigenvalue weighted by atomic mass is 10.2. The van der Waals surface area contributed by atoms with Gasteiger partial charge in [-0.25, -0.2) is 9.59 Å². The Balaban J connectivity index is -0.000000307. The van der Waals surface area contributed by atoms with Gasteiger partial charge >= 0.3 is 11.9 Å². The number of carbonyl (C=O) groups excluding carboxylic acids is 3. The van der Waals surface area contributed by atoms with Crippen molar-refractivity contribution in [2.24, 2.45) is 0 Å². The summed E-state index contributed by atoms with van der Waals surface area (Å²) in [4.78, 5) is 31.4. The number of unbranched alkanes of at least 4 members (excludes halogenated alkanes) is 1. The zero-order valence-corrected chi connectivity index (χ0v) is 14.2. The molecule has 5 nitrogen and oxygen atoms in total. The Bertz CT molecular complexity index is 295. The Kier molecular flexibility index (Phi) is 24.0. The van der Waals surface area contributed by atoms with Gasteiger partial charge in [-0.05, 0) is 19.8 Å². The van der Waals surface area contributed by atoms with E-state index in [2.05, 4.69) is 16.4 Å². The van der Waals surface area contributed by atoms with Crippen molar-refractivity contribution < 1.29 is 23.9 Å². The molecule has 5 heteroatoms. The van der Waals surface area contributed by atoms with E-state index in [1.54, 1.807) is 6.92 Å². The Labute approximate surface area is 128 Å². The van der Waals surface area contributed by atoms with Gasteiger partial charge in [0.15, 0.2) is 0 Å². The fraction of sp³-hybridized carbons (Fsp3) is 0.688. The van der Waals surface area contributed by atoms with Crippen LogP contribution in [0.1, 0.15) is 60.3 Å². The molecule has 0 aromatic heterocycles. The molecule has 0 unspecified atom stereocenters. The van der Waals surface area contributed by atoms with Crippen LogP contribution in [0.25, 0.3) is 0 Å². The molecule has 0 radical (unpaired) electrons. The lowest BCUT2D eigenvalue weighted by molar-refractivity contribution is -0.139. The molecule has 124 valence electrons. The number of hydrogen-bond donors (Lipinski definition) is 0. The second-order valence-corrected chi connectivity index (χ2v) is 3.83. The van der Waals surface area contributed by atoms with Crippen molar-refractivity contribution in [3.63, 3.8) is 0 Å². The zero-order chi connectivity index (χ0) is 17.1. The fourth-order valence-corrected chi connectivity index (χ4v) is 0.881. The van der Waals surface area contributed by atoms with Crippen molar-refractivity contribution in [1.29, 1.82) is 0 Å². The number of ether oxygens (including phenoxy) is 2. The van der Waals surface area contributed by atoms with Crippen LogP contribution in [0.4, 0.5) is 0 Å². The highest BCUT2D eigenvalue weighted by atomic mass is 16.5. The number of hydrogen-bond acceptors (Lipinski definition) is 5. The lowest BCUT2D eigenvalue weighted by Crippen LogP contribution is -2.03. The monoisotopic (exact) mass is 302 g/mol. The predicted molar refractivity (Wildman–Crippen MR) is 84.0 cm³/mol. The van der Waals surface area contributed by atoms with Gasteiger partial charge in [-0.1, -0.05) is 34.1 Å². The molecule has 21 heavy (non-hydrogen) atoms. The summed E-state index contributed by atoms with van der Waals surface area (Å²) in [7, 11) is 1.24. The first-order chi connectivity index (χ1) is 9.97. The lowest BCUT2D eigenvalue weighted by Gasteiger charge is -1.96. The molecule has 0 rings (SSSR count). The molecule has 0 atom stereocenters. The molecule has 0 spiro atoms. The third kappa shape index (κ3) is 27.5. The maximum Gasteiger partial charge on any atom is 0.331 e. The smallest absolute Gasteiger partial charge is 0.331 e. The molecule has 0 aliphatic heterocycles. The molecule has 0 N–H and O–H groups in total. The van der Waals surface area contributed by atoms with E-state index in [1.807, 2.05) is 20.8 Å². The Morgan fingerprint density at radius 1 is 0.952 bits per heavy atom. The van der Waals surface area contributed by atoms with Gasteiger partial charge in [0.25, 0.3) is 0 Å². The van der Waals surface area contributed by atoms with Gasteiger partial charge < -0.3 is 14.3 Å². The first-order valence-electron chi connectivity index (χ1n) is 7.40. The molecule has 0 saturated heterocycles. The number of carbonyl (C=O) groups is 3. The van der Waals surface area contributed by atoms with Crippen molar-refractivity contribution in [1.82, 2.24) is 0 Å². The zero-order valence-electron chi connectivity index (χ0n) is 14.2. The van der Waals surface area contributed by atoms with Gasteiger partial charge in [0.05, 0.1) is 13.7 Å². The van der Waals surface area contributed by atoms with Gasteiger partial charge in [-0.3, -0.25) is 0 Å². The Morgan fingerprint density at radius 2 is 1.48 bits per heavy atom. The van der Waals surface area contributed by atoms with E-state index in [0.717, 1.165) is 37.8 Å². The second kappa shape index (κ2) is 20.7. The largest absolute Gasteiger partial charge is 0.466 e. The maximum atomic E-state index is 10.7. The average Bonchev–Trinajstić information content (AvgIpc) is 2.50. The Hall–Kier alpha value is -1.65. The molecule has 0 aliphatic rings. The summed E-state index contributed by atoms with van der Waals surface area (Å²) in [5.41, 5.74) is 0. The fourth-order valence-electron chi connectivity index (χ4n) is 0.881.